The maximum absolute atomic E-state index is 9.36. The van der Waals surface area contributed by atoms with Crippen molar-refractivity contribution in [1.82, 2.24) is 5.32 Å². The molecule has 2 saturated heterocycles. The lowest BCUT2D eigenvalue weighted by molar-refractivity contribution is -0.0973. The Morgan fingerprint density at radius 3 is 1.73 bits per heavy atom. The van der Waals surface area contributed by atoms with Gasteiger partial charge in [0.15, 0.2) is 0 Å². The lowest BCUT2D eigenvalue weighted by atomic mass is 9.97. The Labute approximate surface area is 64.8 Å². The fraction of sp³-hybridized carbons (Fsp3) is 1.00. The molecule has 2 rings (SSSR count). The summed E-state index contributed by atoms with van der Waals surface area (Å²) < 4.78 is 0. The molecule has 0 radical (unpaired) electrons. The van der Waals surface area contributed by atoms with Crippen LogP contribution in [0.1, 0.15) is 12.8 Å². The third kappa shape index (κ3) is 0.980. The normalized spacial score (nSPS) is 56.5. The van der Waals surface area contributed by atoms with Gasteiger partial charge in [0, 0.05) is 12.1 Å². The van der Waals surface area contributed by atoms with E-state index in [4.69, 9.17) is 0 Å². The number of hydrogen-bond donors (Lipinski definition) is 4. The van der Waals surface area contributed by atoms with Crippen LogP contribution in [0.15, 0.2) is 0 Å². The average molecular weight is 159 g/mol. The molecule has 4 heteroatoms. The first-order valence-electron chi connectivity index (χ1n) is 4.00. The van der Waals surface area contributed by atoms with E-state index in [-0.39, 0.29) is 12.1 Å². The molecule has 5 atom stereocenters. The van der Waals surface area contributed by atoms with Gasteiger partial charge in [0.05, 0.1) is 12.2 Å². The fourth-order valence-corrected chi connectivity index (χ4v) is 2.02. The molecule has 4 N–H and O–H groups in total. The quantitative estimate of drug-likeness (QED) is 0.336. The monoisotopic (exact) mass is 159 g/mol. The molecule has 3 unspecified atom stereocenters. The number of nitrogens with one attached hydrogen (secondary N) is 1. The van der Waals surface area contributed by atoms with Crippen molar-refractivity contribution in [1.29, 1.82) is 0 Å². The van der Waals surface area contributed by atoms with E-state index in [0.717, 1.165) is 12.8 Å². The minimum absolute atomic E-state index is 0.0154. The second-order valence-corrected chi connectivity index (χ2v) is 3.43. The third-order valence-electron chi connectivity index (χ3n) is 2.74. The van der Waals surface area contributed by atoms with Crippen molar-refractivity contribution in [2.45, 2.75) is 43.2 Å². The largest absolute Gasteiger partial charge is 0.389 e. The van der Waals surface area contributed by atoms with E-state index in [0.29, 0.717) is 0 Å². The molecule has 2 aliphatic heterocycles. The number of piperidine rings is 1. The highest BCUT2D eigenvalue weighted by Gasteiger charge is 2.45. The van der Waals surface area contributed by atoms with Gasteiger partial charge in [0.2, 0.25) is 0 Å². The van der Waals surface area contributed by atoms with Crippen LogP contribution in [0.5, 0.6) is 0 Å². The van der Waals surface area contributed by atoms with Gasteiger partial charge in [-0.15, -0.1) is 0 Å². The Morgan fingerprint density at radius 2 is 1.27 bits per heavy atom. The van der Waals surface area contributed by atoms with E-state index in [1.165, 1.54) is 0 Å². The number of rotatable bonds is 0. The lowest BCUT2D eigenvalue weighted by Gasteiger charge is -2.35. The van der Waals surface area contributed by atoms with Gasteiger partial charge < -0.3 is 20.6 Å². The summed E-state index contributed by atoms with van der Waals surface area (Å²) in [5.41, 5.74) is 0. The second-order valence-electron chi connectivity index (χ2n) is 3.43. The minimum atomic E-state index is -0.964. The minimum Gasteiger partial charge on any atom is -0.389 e. The van der Waals surface area contributed by atoms with Crippen LogP contribution in [0.2, 0.25) is 0 Å². The first-order chi connectivity index (χ1) is 5.20. The maximum Gasteiger partial charge on any atom is 0.109 e. The van der Waals surface area contributed by atoms with Crippen LogP contribution in [0.25, 0.3) is 0 Å². The number of aliphatic hydroxyl groups excluding tert-OH is 3. The first-order valence-corrected chi connectivity index (χ1v) is 4.00. The van der Waals surface area contributed by atoms with Crippen molar-refractivity contribution in [2.24, 2.45) is 0 Å². The van der Waals surface area contributed by atoms with Gasteiger partial charge in [-0.25, -0.2) is 0 Å². The summed E-state index contributed by atoms with van der Waals surface area (Å²) in [6.07, 6.45) is -0.874. The summed E-state index contributed by atoms with van der Waals surface area (Å²) in [5, 5.41) is 31.1. The molecule has 0 aromatic carbocycles. The van der Waals surface area contributed by atoms with Crippen molar-refractivity contribution in [2.75, 3.05) is 0 Å². The van der Waals surface area contributed by atoms with Gasteiger partial charge in [-0.05, 0) is 12.8 Å². The molecular weight excluding hydrogens is 146 g/mol. The van der Waals surface area contributed by atoms with E-state index in [1.54, 1.807) is 0 Å². The molecule has 0 spiro atoms. The molecular formula is C7H13NO3. The lowest BCUT2D eigenvalue weighted by Crippen LogP contribution is -2.60. The van der Waals surface area contributed by atoms with Crippen molar-refractivity contribution in [3.05, 3.63) is 0 Å². The molecule has 0 aromatic heterocycles. The average Bonchev–Trinajstić information content (AvgIpc) is 2.44. The summed E-state index contributed by atoms with van der Waals surface area (Å²) in [6.45, 7) is 0. The topological polar surface area (TPSA) is 72.7 Å². The van der Waals surface area contributed by atoms with E-state index in [1.807, 2.05) is 0 Å². The Bertz CT molecular complexity index is 144. The molecule has 2 fully saturated rings. The van der Waals surface area contributed by atoms with Gasteiger partial charge in [-0.1, -0.05) is 0 Å². The molecule has 0 aliphatic carbocycles. The highest BCUT2D eigenvalue weighted by Crippen LogP contribution is 2.27. The van der Waals surface area contributed by atoms with E-state index in [2.05, 4.69) is 5.32 Å². The fourth-order valence-electron chi connectivity index (χ4n) is 2.02. The SMILES string of the molecule is OC1[C@H](O)C2CCC(N2)[C@@H]1O. The molecule has 0 saturated carbocycles. The van der Waals surface area contributed by atoms with Crippen LogP contribution < -0.4 is 5.32 Å². The molecule has 11 heavy (non-hydrogen) atoms. The zero-order chi connectivity index (χ0) is 8.01. The summed E-state index contributed by atoms with van der Waals surface area (Å²) in [4.78, 5) is 0. The maximum atomic E-state index is 9.36. The second kappa shape index (κ2) is 2.42. The summed E-state index contributed by atoms with van der Waals surface area (Å²) in [5.74, 6) is 0. The van der Waals surface area contributed by atoms with Gasteiger partial charge in [0.1, 0.15) is 6.10 Å². The Balaban J connectivity index is 2.16. The zero-order valence-corrected chi connectivity index (χ0v) is 6.14. The molecule has 4 nitrogen and oxygen atoms in total. The molecule has 2 aliphatic rings. The predicted molar refractivity (Wildman–Crippen MR) is 38.0 cm³/mol. The Kier molecular flexibility index (Phi) is 1.64. The number of fused-ring (bicyclic) bond motifs is 2. The summed E-state index contributed by atoms with van der Waals surface area (Å²) >= 11 is 0. The van der Waals surface area contributed by atoms with Gasteiger partial charge in [-0.2, -0.15) is 0 Å². The van der Waals surface area contributed by atoms with E-state index in [9.17, 15) is 15.3 Å². The molecule has 64 valence electrons. The number of aliphatic hydroxyl groups is 3. The molecule has 2 heterocycles. The smallest absolute Gasteiger partial charge is 0.109 e. The van der Waals surface area contributed by atoms with Crippen LogP contribution in [-0.2, 0) is 0 Å². The van der Waals surface area contributed by atoms with Crippen LogP contribution >= 0.6 is 0 Å². The zero-order valence-electron chi connectivity index (χ0n) is 6.14. The van der Waals surface area contributed by atoms with Gasteiger partial charge in [-0.3, -0.25) is 0 Å². The predicted octanol–water partition coefficient (Wildman–Crippen LogP) is -1.80. The van der Waals surface area contributed by atoms with Crippen molar-refractivity contribution in [3.63, 3.8) is 0 Å². The third-order valence-corrected chi connectivity index (χ3v) is 2.74. The standard InChI is InChI=1S/C7H13NO3/c9-5-3-1-2-4(8-3)6(10)7(5)11/h3-11H,1-2H2/t3?,4?,5-,6+,7?. The first kappa shape index (κ1) is 7.49. The van der Waals surface area contributed by atoms with Crippen LogP contribution in [-0.4, -0.2) is 45.7 Å². The summed E-state index contributed by atoms with van der Waals surface area (Å²) in [7, 11) is 0. The van der Waals surface area contributed by atoms with Crippen molar-refractivity contribution < 1.29 is 15.3 Å². The molecule has 0 amide bonds. The highest BCUT2D eigenvalue weighted by atomic mass is 16.4. The van der Waals surface area contributed by atoms with Gasteiger partial charge in [0.25, 0.3) is 0 Å². The molecule has 2 bridgehead atoms. The van der Waals surface area contributed by atoms with Crippen LogP contribution in [0, 0.1) is 0 Å². The van der Waals surface area contributed by atoms with Crippen molar-refractivity contribution >= 4 is 0 Å². The Morgan fingerprint density at radius 1 is 0.818 bits per heavy atom. The highest BCUT2D eigenvalue weighted by molar-refractivity contribution is 5.03. The van der Waals surface area contributed by atoms with E-state index >= 15 is 0 Å². The van der Waals surface area contributed by atoms with Crippen LogP contribution in [0.4, 0.5) is 0 Å². The Hall–Kier alpha value is -0.160. The number of hydrogen-bond acceptors (Lipinski definition) is 4. The van der Waals surface area contributed by atoms with Crippen LogP contribution in [0.3, 0.4) is 0 Å². The van der Waals surface area contributed by atoms with E-state index < -0.39 is 18.3 Å². The van der Waals surface area contributed by atoms with Gasteiger partial charge >= 0.3 is 0 Å². The summed E-state index contributed by atoms with van der Waals surface area (Å²) in [6, 6.07) is -0.0307. The van der Waals surface area contributed by atoms with Crippen molar-refractivity contribution in [3.8, 4) is 0 Å². The molecule has 0 aromatic rings.